The van der Waals surface area contributed by atoms with Crippen LogP contribution in [0.5, 0.6) is 0 Å². The van der Waals surface area contributed by atoms with Crippen molar-refractivity contribution in [1.29, 1.82) is 0 Å². The molecular weight excluding hydrogens is 797 g/mol. The second-order valence-corrected chi connectivity index (χ2v) is 17.6. The van der Waals surface area contributed by atoms with E-state index in [1.165, 1.54) is 98.3 Å². The minimum absolute atomic E-state index is 0.0540. The van der Waals surface area contributed by atoms with Crippen molar-refractivity contribution >= 4 is 81.8 Å². The Kier molecular flexibility index (Phi) is 9.02. The molecule has 1 heterocycles. The summed E-state index contributed by atoms with van der Waals surface area (Å²) in [5.74, 6) is 0. The van der Waals surface area contributed by atoms with Gasteiger partial charge in [-0.15, -0.1) is 0 Å². The predicted octanol–water partition coefficient (Wildman–Crippen LogP) is 17.3. The van der Waals surface area contributed by atoms with E-state index >= 15 is 0 Å². The van der Waals surface area contributed by atoms with Gasteiger partial charge in [0.2, 0.25) is 0 Å². The summed E-state index contributed by atoms with van der Waals surface area (Å²) in [5.41, 5.74) is 13.3. The van der Waals surface area contributed by atoms with Crippen LogP contribution in [0.25, 0.3) is 98.4 Å². The molecule has 0 fully saturated rings. The zero-order chi connectivity index (χ0) is 43.6. The highest BCUT2D eigenvalue weighted by Gasteiger charge is 2.24. The normalized spacial score (nSPS) is 13.9. The SMILES string of the molecule is C1=CC(c2cccc3c2c2c4ccccc4ccc2n3-c2ccccc2)=CC(N(c2ccc(-c3ccc4ccccc4c3)cc2)c2ccc(-c3cc4ccccc4c4ccccc34)cc2)C1. The zero-order valence-corrected chi connectivity index (χ0v) is 36.4. The Hall–Kier alpha value is -8.46. The van der Waals surface area contributed by atoms with Gasteiger partial charge in [0.1, 0.15) is 0 Å². The van der Waals surface area contributed by atoms with Gasteiger partial charge in [0, 0.05) is 27.8 Å². The zero-order valence-electron chi connectivity index (χ0n) is 36.4. The van der Waals surface area contributed by atoms with Gasteiger partial charge in [-0.1, -0.05) is 188 Å². The summed E-state index contributed by atoms with van der Waals surface area (Å²) in [5, 5.41) is 12.7. The van der Waals surface area contributed by atoms with Gasteiger partial charge < -0.3 is 9.47 Å². The van der Waals surface area contributed by atoms with Crippen molar-refractivity contribution in [3.05, 3.63) is 254 Å². The van der Waals surface area contributed by atoms with E-state index in [0.717, 1.165) is 23.5 Å². The van der Waals surface area contributed by atoms with E-state index in [1.54, 1.807) is 0 Å². The Morgan fingerprint density at radius 3 is 1.77 bits per heavy atom. The quantitative estimate of drug-likeness (QED) is 0.145. The fourth-order valence-electron chi connectivity index (χ4n) is 10.8. The summed E-state index contributed by atoms with van der Waals surface area (Å²) in [6.07, 6.45) is 8.10. The standard InChI is InChI=1S/C64H44N2/c1-2-19-51(20-3-1)66-61-27-13-26-57(64(61)63-56-23-9-6-15-45(56)34-39-62(63)66)49-18-12-21-54(41-49)65(52-35-30-44(31-36-52)48-29-28-43-14-4-5-16-47(43)40-48)53-37-32-46(33-38-53)60-42-50-17-7-8-22-55(50)58-24-10-11-25-59(58)60/h1-20,22-42,54H,21H2. The van der Waals surface area contributed by atoms with Crippen LogP contribution in [0, 0.1) is 0 Å². The lowest BCUT2D eigenvalue weighted by molar-refractivity contribution is 0.788. The molecule has 0 radical (unpaired) electrons. The molecule has 66 heavy (non-hydrogen) atoms. The number of hydrogen-bond donors (Lipinski definition) is 0. The van der Waals surface area contributed by atoms with Crippen LogP contribution in [0.15, 0.2) is 249 Å². The maximum atomic E-state index is 2.54. The summed E-state index contributed by atoms with van der Waals surface area (Å²) in [6.45, 7) is 0. The van der Waals surface area contributed by atoms with Gasteiger partial charge in [-0.05, 0) is 144 Å². The van der Waals surface area contributed by atoms with E-state index in [9.17, 15) is 0 Å². The topological polar surface area (TPSA) is 8.17 Å². The third kappa shape index (κ3) is 6.33. The lowest BCUT2D eigenvalue weighted by Crippen LogP contribution is -2.30. The van der Waals surface area contributed by atoms with Crippen molar-refractivity contribution in [2.75, 3.05) is 4.90 Å². The van der Waals surface area contributed by atoms with Crippen molar-refractivity contribution in [2.45, 2.75) is 12.5 Å². The first-order valence-electron chi connectivity index (χ1n) is 23.0. The molecule has 1 aromatic heterocycles. The highest BCUT2D eigenvalue weighted by atomic mass is 15.2. The fraction of sp³-hybridized carbons (Fsp3) is 0.0312. The van der Waals surface area contributed by atoms with E-state index in [2.05, 4.69) is 258 Å². The van der Waals surface area contributed by atoms with Crippen LogP contribution in [-0.4, -0.2) is 10.6 Å². The molecule has 0 spiro atoms. The van der Waals surface area contributed by atoms with Crippen molar-refractivity contribution in [2.24, 2.45) is 0 Å². The Labute approximate surface area is 384 Å². The molecule has 310 valence electrons. The minimum atomic E-state index is 0.0540. The molecule has 12 aromatic rings. The average molecular weight is 841 g/mol. The molecule has 2 heteroatoms. The van der Waals surface area contributed by atoms with Gasteiger partial charge in [0.05, 0.1) is 17.1 Å². The first-order valence-corrected chi connectivity index (χ1v) is 23.0. The molecule has 0 N–H and O–H groups in total. The lowest BCUT2D eigenvalue weighted by atomic mass is 9.91. The van der Waals surface area contributed by atoms with Crippen LogP contribution in [0.2, 0.25) is 0 Å². The number of benzene rings is 11. The molecule has 0 bridgehead atoms. The number of fused-ring (bicyclic) bond motifs is 9. The summed E-state index contributed by atoms with van der Waals surface area (Å²) >= 11 is 0. The van der Waals surface area contributed by atoms with Crippen LogP contribution in [0.4, 0.5) is 11.4 Å². The number of anilines is 2. The monoisotopic (exact) mass is 840 g/mol. The van der Waals surface area contributed by atoms with Crippen molar-refractivity contribution in [3.8, 4) is 27.9 Å². The molecule has 1 unspecified atom stereocenters. The second-order valence-electron chi connectivity index (χ2n) is 17.6. The van der Waals surface area contributed by atoms with Crippen LogP contribution >= 0.6 is 0 Å². The van der Waals surface area contributed by atoms with Crippen LogP contribution in [0.3, 0.4) is 0 Å². The fourth-order valence-corrected chi connectivity index (χ4v) is 10.8. The van der Waals surface area contributed by atoms with E-state index < -0.39 is 0 Å². The van der Waals surface area contributed by atoms with Gasteiger partial charge in [-0.25, -0.2) is 0 Å². The van der Waals surface area contributed by atoms with Crippen LogP contribution in [0.1, 0.15) is 12.0 Å². The molecule has 0 saturated heterocycles. The maximum Gasteiger partial charge on any atom is 0.0565 e. The smallest absolute Gasteiger partial charge is 0.0565 e. The van der Waals surface area contributed by atoms with Gasteiger partial charge in [-0.2, -0.15) is 0 Å². The molecule has 13 rings (SSSR count). The van der Waals surface area contributed by atoms with Gasteiger partial charge in [-0.3, -0.25) is 0 Å². The molecule has 1 aliphatic rings. The Morgan fingerprint density at radius 1 is 0.379 bits per heavy atom. The molecule has 0 saturated carbocycles. The Balaban J connectivity index is 0.963. The number of nitrogens with zero attached hydrogens (tertiary/aromatic N) is 2. The van der Waals surface area contributed by atoms with Crippen LogP contribution < -0.4 is 4.90 Å². The highest BCUT2D eigenvalue weighted by molar-refractivity contribution is 6.24. The lowest BCUT2D eigenvalue weighted by Gasteiger charge is -2.34. The second kappa shape index (κ2) is 15.7. The average Bonchev–Trinajstić information content (AvgIpc) is 3.74. The first-order chi connectivity index (χ1) is 32.7. The van der Waals surface area contributed by atoms with Crippen molar-refractivity contribution < 1.29 is 0 Å². The molecule has 1 aliphatic carbocycles. The van der Waals surface area contributed by atoms with E-state index in [-0.39, 0.29) is 6.04 Å². The molecular formula is C64H44N2. The van der Waals surface area contributed by atoms with E-state index in [4.69, 9.17) is 0 Å². The largest absolute Gasteiger partial charge is 0.334 e. The Morgan fingerprint density at radius 2 is 0.985 bits per heavy atom. The summed E-state index contributed by atoms with van der Waals surface area (Å²) in [7, 11) is 0. The third-order valence-electron chi connectivity index (χ3n) is 13.8. The minimum Gasteiger partial charge on any atom is -0.334 e. The van der Waals surface area contributed by atoms with Crippen LogP contribution in [-0.2, 0) is 0 Å². The molecule has 0 amide bonds. The Bertz CT molecular complexity index is 3890. The predicted molar refractivity (Wildman–Crippen MR) is 282 cm³/mol. The number of allylic oxidation sites excluding steroid dienone is 2. The van der Waals surface area contributed by atoms with E-state index in [1.807, 2.05) is 0 Å². The number of rotatable bonds is 7. The van der Waals surface area contributed by atoms with Crippen molar-refractivity contribution in [3.63, 3.8) is 0 Å². The summed E-state index contributed by atoms with van der Waals surface area (Å²) in [6, 6.07) is 84.8. The maximum absolute atomic E-state index is 2.54. The molecule has 2 nitrogen and oxygen atoms in total. The summed E-state index contributed by atoms with van der Waals surface area (Å²) in [4.78, 5) is 2.54. The third-order valence-corrected chi connectivity index (χ3v) is 13.8. The number of hydrogen-bond acceptors (Lipinski definition) is 1. The van der Waals surface area contributed by atoms with Gasteiger partial charge >= 0.3 is 0 Å². The number of aromatic nitrogens is 1. The van der Waals surface area contributed by atoms with Gasteiger partial charge in [0.25, 0.3) is 0 Å². The molecule has 0 aliphatic heterocycles. The number of para-hydroxylation sites is 1. The van der Waals surface area contributed by atoms with Gasteiger partial charge in [0.15, 0.2) is 0 Å². The highest BCUT2D eigenvalue weighted by Crippen LogP contribution is 2.43. The summed E-state index contributed by atoms with van der Waals surface area (Å²) < 4.78 is 2.44. The van der Waals surface area contributed by atoms with E-state index in [0.29, 0.717) is 0 Å². The van der Waals surface area contributed by atoms with Crippen molar-refractivity contribution in [1.82, 2.24) is 4.57 Å². The first kappa shape index (κ1) is 38.0. The molecule has 1 atom stereocenters. The molecule has 11 aromatic carbocycles.